The Morgan fingerprint density at radius 3 is 2.53 bits per heavy atom. The number of nitrogens with one attached hydrogen (secondary N) is 1. The Kier molecular flexibility index (Phi) is 9.66. The van der Waals surface area contributed by atoms with E-state index >= 15 is 0 Å². The van der Waals surface area contributed by atoms with Crippen molar-refractivity contribution in [2.45, 2.75) is 45.8 Å². The third kappa shape index (κ3) is 9.49. The molecule has 104 valence electrons. The molecule has 1 atom stereocenters. The molecule has 0 heterocycles. The molecule has 0 radical (unpaired) electrons. The second-order valence-corrected chi connectivity index (χ2v) is 4.85. The van der Waals surface area contributed by atoms with E-state index in [1.807, 2.05) is 6.92 Å². The van der Waals surface area contributed by atoms with Crippen molar-refractivity contribution in [3.63, 3.8) is 0 Å². The third-order valence-electron chi connectivity index (χ3n) is 2.08. The van der Waals surface area contributed by atoms with E-state index in [9.17, 15) is 8.42 Å². The maximum atomic E-state index is 11.3. The summed E-state index contributed by atoms with van der Waals surface area (Å²) in [5.74, 6) is 0. The van der Waals surface area contributed by atoms with Gasteiger partial charge in [-0.05, 0) is 19.4 Å². The van der Waals surface area contributed by atoms with Gasteiger partial charge in [-0.3, -0.25) is 5.32 Å². The van der Waals surface area contributed by atoms with E-state index in [4.69, 9.17) is 9.29 Å². The fourth-order valence-corrected chi connectivity index (χ4v) is 2.02. The summed E-state index contributed by atoms with van der Waals surface area (Å²) in [4.78, 5) is 0. The Bertz CT molecular complexity index is 268. The van der Waals surface area contributed by atoms with Crippen LogP contribution in [0, 0.1) is 0 Å². The van der Waals surface area contributed by atoms with Gasteiger partial charge < -0.3 is 5.11 Å². The zero-order chi connectivity index (χ0) is 13.1. The predicted molar refractivity (Wildman–Crippen MR) is 64.6 cm³/mol. The molecule has 2 N–H and O–H groups in total. The zero-order valence-electron chi connectivity index (χ0n) is 10.5. The van der Waals surface area contributed by atoms with Crippen molar-refractivity contribution in [2.75, 3.05) is 19.8 Å². The van der Waals surface area contributed by atoms with Crippen LogP contribution < -0.4 is 5.32 Å². The van der Waals surface area contributed by atoms with Crippen molar-refractivity contribution in [3.05, 3.63) is 0 Å². The minimum Gasteiger partial charge on any atom is -0.394 e. The molecule has 1 unspecified atom stereocenters. The lowest BCUT2D eigenvalue weighted by molar-refractivity contribution is 0.115. The average molecular weight is 269 g/mol. The van der Waals surface area contributed by atoms with Crippen LogP contribution in [-0.4, -0.2) is 39.5 Å². The van der Waals surface area contributed by atoms with Crippen molar-refractivity contribution in [3.8, 4) is 0 Å². The number of aliphatic hydroxyl groups excluding tert-OH is 1. The molecule has 0 aromatic heterocycles. The minimum absolute atomic E-state index is 0.283. The van der Waals surface area contributed by atoms with Gasteiger partial charge >= 0.3 is 10.4 Å². The minimum atomic E-state index is -4.02. The molecule has 7 heteroatoms. The Hall–Kier alpha value is -0.210. The summed E-state index contributed by atoms with van der Waals surface area (Å²) in [7, 11) is -4.02. The van der Waals surface area contributed by atoms with E-state index in [2.05, 4.69) is 16.4 Å². The Morgan fingerprint density at radius 1 is 1.29 bits per heavy atom. The summed E-state index contributed by atoms with van der Waals surface area (Å²) in [6.45, 7) is 3.99. The molecular formula is C10H23NO5S. The van der Waals surface area contributed by atoms with Gasteiger partial charge in [0.1, 0.15) is 6.23 Å². The molecule has 0 rings (SSSR count). The number of unbranched alkanes of at least 4 members (excludes halogenated alkanes) is 2. The molecule has 0 fully saturated rings. The molecule has 0 aliphatic carbocycles. The van der Waals surface area contributed by atoms with Gasteiger partial charge in [-0.15, -0.1) is 0 Å². The molecule has 0 bridgehead atoms. The van der Waals surface area contributed by atoms with E-state index in [0.717, 1.165) is 19.3 Å². The molecule has 0 saturated carbocycles. The predicted octanol–water partition coefficient (Wildman–Crippen LogP) is 0.773. The van der Waals surface area contributed by atoms with Crippen LogP contribution in [0.25, 0.3) is 0 Å². The van der Waals surface area contributed by atoms with Gasteiger partial charge in [-0.2, -0.15) is 8.42 Å². The van der Waals surface area contributed by atoms with Gasteiger partial charge in [0.05, 0.1) is 13.2 Å². The summed E-state index contributed by atoms with van der Waals surface area (Å²) in [6.07, 6.45) is 3.13. The van der Waals surface area contributed by atoms with Crippen LogP contribution in [0.3, 0.4) is 0 Å². The summed E-state index contributed by atoms with van der Waals surface area (Å²) in [5, 5.41) is 11.5. The van der Waals surface area contributed by atoms with Gasteiger partial charge in [0.2, 0.25) is 0 Å². The highest BCUT2D eigenvalue weighted by molar-refractivity contribution is 7.81. The Morgan fingerprint density at radius 2 is 2.00 bits per heavy atom. The first kappa shape index (κ1) is 16.8. The van der Waals surface area contributed by atoms with E-state index < -0.39 is 16.6 Å². The maximum Gasteiger partial charge on any atom is 0.401 e. The van der Waals surface area contributed by atoms with Crippen LogP contribution in [0.1, 0.15) is 39.5 Å². The van der Waals surface area contributed by atoms with E-state index in [1.54, 1.807) is 0 Å². The molecule has 6 nitrogen and oxygen atoms in total. The molecule has 0 spiro atoms. The van der Waals surface area contributed by atoms with Gasteiger partial charge in [0.25, 0.3) is 0 Å². The van der Waals surface area contributed by atoms with Crippen LogP contribution in [0.4, 0.5) is 0 Å². The number of aliphatic hydroxyl groups is 1. The van der Waals surface area contributed by atoms with Gasteiger partial charge in [-0.25, -0.2) is 8.37 Å². The highest BCUT2D eigenvalue weighted by Crippen LogP contribution is 2.04. The van der Waals surface area contributed by atoms with Gasteiger partial charge in [0.15, 0.2) is 0 Å². The fourth-order valence-electron chi connectivity index (χ4n) is 1.19. The van der Waals surface area contributed by atoms with Crippen molar-refractivity contribution in [2.24, 2.45) is 0 Å². The van der Waals surface area contributed by atoms with Crippen LogP contribution in [0.5, 0.6) is 0 Å². The smallest absolute Gasteiger partial charge is 0.394 e. The largest absolute Gasteiger partial charge is 0.401 e. The van der Waals surface area contributed by atoms with Crippen LogP contribution in [0.2, 0.25) is 0 Å². The van der Waals surface area contributed by atoms with Crippen LogP contribution >= 0.6 is 0 Å². The lowest BCUT2D eigenvalue weighted by Gasteiger charge is -2.16. The monoisotopic (exact) mass is 269 g/mol. The lowest BCUT2D eigenvalue weighted by atomic mass is 10.2. The van der Waals surface area contributed by atoms with Crippen molar-refractivity contribution < 1.29 is 21.9 Å². The number of hydrogen-bond donors (Lipinski definition) is 2. The lowest BCUT2D eigenvalue weighted by Crippen LogP contribution is -2.34. The van der Waals surface area contributed by atoms with Crippen molar-refractivity contribution >= 4 is 10.4 Å². The third-order valence-corrected chi connectivity index (χ3v) is 3.00. The summed E-state index contributed by atoms with van der Waals surface area (Å²) in [5.41, 5.74) is 0. The van der Waals surface area contributed by atoms with Crippen LogP contribution in [-0.2, 0) is 18.8 Å². The highest BCUT2D eigenvalue weighted by atomic mass is 32.3. The number of rotatable bonds is 11. The zero-order valence-corrected chi connectivity index (χ0v) is 11.3. The van der Waals surface area contributed by atoms with Gasteiger partial charge in [0, 0.05) is 0 Å². The maximum absolute atomic E-state index is 11.3. The molecule has 0 aromatic carbocycles. The first-order chi connectivity index (χ1) is 8.05. The molecule has 0 aromatic rings. The second kappa shape index (κ2) is 9.78. The molecule has 17 heavy (non-hydrogen) atoms. The van der Waals surface area contributed by atoms with E-state index in [-0.39, 0.29) is 13.2 Å². The summed E-state index contributed by atoms with van der Waals surface area (Å²) in [6, 6.07) is 0. The molecule has 0 saturated heterocycles. The van der Waals surface area contributed by atoms with Crippen molar-refractivity contribution in [1.29, 1.82) is 0 Å². The average Bonchev–Trinajstić information content (AvgIpc) is 2.30. The first-order valence-electron chi connectivity index (χ1n) is 5.97. The van der Waals surface area contributed by atoms with Crippen LogP contribution in [0.15, 0.2) is 0 Å². The molecular weight excluding hydrogens is 246 g/mol. The Balaban J connectivity index is 3.94. The molecule has 0 aliphatic heterocycles. The summed E-state index contributed by atoms with van der Waals surface area (Å²) >= 11 is 0. The normalized spacial score (nSPS) is 13.8. The van der Waals surface area contributed by atoms with Gasteiger partial charge in [-0.1, -0.05) is 26.7 Å². The number of hydrogen-bond acceptors (Lipinski definition) is 6. The quantitative estimate of drug-likeness (QED) is 0.426. The topological polar surface area (TPSA) is 84.9 Å². The SMILES string of the molecule is CCCCCNC(CC)OS(=O)(=O)OCCO. The highest BCUT2D eigenvalue weighted by Gasteiger charge is 2.18. The summed E-state index contributed by atoms with van der Waals surface area (Å²) < 4.78 is 31.7. The standard InChI is InChI=1S/C10H23NO5S/c1-3-5-6-7-11-10(4-2)16-17(13,14)15-9-8-12/h10-12H,3-9H2,1-2H3. The first-order valence-corrected chi connectivity index (χ1v) is 7.31. The van der Waals surface area contributed by atoms with E-state index in [1.165, 1.54) is 0 Å². The van der Waals surface area contributed by atoms with Crippen molar-refractivity contribution in [1.82, 2.24) is 5.32 Å². The van der Waals surface area contributed by atoms with E-state index in [0.29, 0.717) is 13.0 Å². The second-order valence-electron chi connectivity index (χ2n) is 3.61. The molecule has 0 aliphatic rings. The fraction of sp³-hybridized carbons (Fsp3) is 1.00. The molecule has 0 amide bonds. The Labute approximate surface area is 104 Å².